The smallest absolute Gasteiger partial charge is 0.328 e. The molecule has 0 aromatic heterocycles. The van der Waals surface area contributed by atoms with Gasteiger partial charge in [0.05, 0.1) is 6.61 Å². The molecule has 2 fully saturated rings. The van der Waals surface area contributed by atoms with Crippen molar-refractivity contribution in [1.29, 1.82) is 0 Å². The van der Waals surface area contributed by atoms with E-state index >= 15 is 0 Å². The van der Waals surface area contributed by atoms with E-state index in [4.69, 9.17) is 37.8 Å². The zero-order chi connectivity index (χ0) is 15.8. The lowest BCUT2D eigenvalue weighted by Gasteiger charge is -2.43. The topological polar surface area (TPSA) is 88.1 Å². The first kappa shape index (κ1) is 16.7. The Labute approximate surface area is 130 Å². The molecule has 120 valence electrons. The van der Waals surface area contributed by atoms with Crippen LogP contribution in [0.2, 0.25) is 0 Å². The number of imide groups is 1. The summed E-state index contributed by atoms with van der Waals surface area (Å²) in [6.07, 6.45) is -5.05. The molecule has 0 aliphatic carbocycles. The van der Waals surface area contributed by atoms with Crippen molar-refractivity contribution in [3.8, 4) is 0 Å². The number of amides is 3. The van der Waals surface area contributed by atoms with Gasteiger partial charge in [-0.2, -0.15) is 0 Å². The lowest BCUT2D eigenvalue weighted by Crippen LogP contribution is -2.68. The molecule has 2 saturated heterocycles. The highest BCUT2D eigenvalue weighted by Crippen LogP contribution is 2.37. The zero-order valence-electron chi connectivity index (χ0n) is 11.1. The van der Waals surface area contributed by atoms with E-state index in [0.29, 0.717) is 0 Å². The molecule has 0 aromatic rings. The summed E-state index contributed by atoms with van der Waals surface area (Å²) in [5.74, 6) is -0.918. The van der Waals surface area contributed by atoms with Crippen LogP contribution in [0.3, 0.4) is 0 Å². The number of carbonyl (C=O) groups is 2. The Balaban J connectivity index is 2.26. The summed E-state index contributed by atoms with van der Waals surface area (Å²) in [5, 5.41) is 11.0. The fraction of sp³-hybridized carbons (Fsp3) is 0.818. The quantitative estimate of drug-likeness (QED) is 0.726. The molecule has 0 aromatic carbocycles. The second-order valence-corrected chi connectivity index (χ2v) is 6.05. The van der Waals surface area contributed by atoms with Crippen molar-refractivity contribution < 1.29 is 28.6 Å². The predicted octanol–water partition coefficient (Wildman–Crippen LogP) is 0.520. The number of aliphatic hydroxyl groups is 1. The van der Waals surface area contributed by atoms with Gasteiger partial charge in [-0.1, -0.05) is 23.2 Å². The minimum atomic E-state index is -2.05. The van der Waals surface area contributed by atoms with Gasteiger partial charge in [0.2, 0.25) is 4.33 Å². The van der Waals surface area contributed by atoms with E-state index in [9.17, 15) is 14.0 Å². The Morgan fingerprint density at radius 1 is 1.57 bits per heavy atom. The summed E-state index contributed by atoms with van der Waals surface area (Å²) < 4.78 is 22.2. The number of nitrogens with one attached hydrogen (secondary N) is 1. The minimum Gasteiger partial charge on any atom is -0.394 e. The van der Waals surface area contributed by atoms with Gasteiger partial charge in [0, 0.05) is 13.0 Å². The van der Waals surface area contributed by atoms with Crippen molar-refractivity contribution in [3.05, 3.63) is 0 Å². The number of alkyl halides is 3. The lowest BCUT2D eigenvalue weighted by atomic mass is 10.2. The largest absolute Gasteiger partial charge is 0.394 e. The van der Waals surface area contributed by atoms with E-state index in [1.165, 1.54) is 0 Å². The maximum atomic E-state index is 13.7. The van der Waals surface area contributed by atoms with Crippen molar-refractivity contribution in [2.24, 2.45) is 0 Å². The number of halogens is 3. The molecule has 2 aliphatic rings. The highest BCUT2D eigenvalue weighted by Gasteiger charge is 2.56. The molecule has 1 unspecified atom stereocenters. The second-order valence-electron chi connectivity index (χ2n) is 4.66. The van der Waals surface area contributed by atoms with Crippen molar-refractivity contribution in [1.82, 2.24) is 10.2 Å². The van der Waals surface area contributed by atoms with E-state index in [1.807, 2.05) is 5.32 Å². The van der Waals surface area contributed by atoms with Gasteiger partial charge in [-0.3, -0.25) is 15.0 Å². The molecule has 0 saturated carbocycles. The van der Waals surface area contributed by atoms with Gasteiger partial charge < -0.3 is 14.6 Å². The minimum absolute atomic E-state index is 0.123. The van der Waals surface area contributed by atoms with Crippen LogP contribution in [0.4, 0.5) is 9.18 Å². The average Bonchev–Trinajstić information content (AvgIpc) is 2.77. The Kier molecular flexibility index (Phi) is 4.94. The van der Waals surface area contributed by atoms with Crippen molar-refractivity contribution >= 4 is 35.1 Å². The van der Waals surface area contributed by atoms with Crippen molar-refractivity contribution in [2.75, 3.05) is 13.2 Å². The summed E-state index contributed by atoms with van der Waals surface area (Å²) in [6, 6.07) is -0.842. The van der Waals surface area contributed by atoms with Crippen LogP contribution < -0.4 is 5.32 Å². The van der Waals surface area contributed by atoms with Crippen molar-refractivity contribution in [3.63, 3.8) is 0 Å². The molecule has 2 rings (SSSR count). The van der Waals surface area contributed by atoms with E-state index in [-0.39, 0.29) is 13.0 Å². The van der Waals surface area contributed by atoms with E-state index in [2.05, 4.69) is 0 Å². The number of hydrogen-bond donors (Lipinski definition) is 2. The molecular formula is C11H15Cl2FN2O5. The number of aliphatic hydroxyl groups excluding tert-OH is 1. The highest BCUT2D eigenvalue weighted by molar-refractivity contribution is 6.59. The van der Waals surface area contributed by atoms with E-state index in [0.717, 1.165) is 4.90 Å². The lowest BCUT2D eigenvalue weighted by molar-refractivity contribution is -0.154. The molecule has 0 spiro atoms. The first-order valence-corrected chi connectivity index (χ1v) is 7.12. The number of ether oxygens (including phenoxy) is 2. The first-order valence-electron chi connectivity index (χ1n) is 6.36. The molecule has 0 radical (unpaired) electrons. The van der Waals surface area contributed by atoms with Crippen molar-refractivity contribution in [2.45, 2.75) is 42.4 Å². The Hall–Kier alpha value is -0.670. The Morgan fingerprint density at radius 2 is 2.24 bits per heavy atom. The number of carbonyl (C=O) groups excluding carboxylic acids is 2. The van der Waals surface area contributed by atoms with Crippen LogP contribution in [-0.4, -0.2) is 64.2 Å². The van der Waals surface area contributed by atoms with Crippen LogP contribution in [0.1, 0.15) is 13.3 Å². The number of hydrogen-bond acceptors (Lipinski definition) is 5. The van der Waals surface area contributed by atoms with Gasteiger partial charge in [-0.15, -0.1) is 0 Å². The van der Waals surface area contributed by atoms with Crippen LogP contribution in [0.15, 0.2) is 0 Å². The molecule has 21 heavy (non-hydrogen) atoms. The van der Waals surface area contributed by atoms with E-state index in [1.54, 1.807) is 6.92 Å². The summed E-state index contributed by atoms with van der Waals surface area (Å²) in [4.78, 5) is 24.6. The molecule has 2 heterocycles. The van der Waals surface area contributed by atoms with Gasteiger partial charge in [0.25, 0.3) is 5.91 Å². The molecule has 4 atom stereocenters. The average molecular weight is 345 g/mol. The van der Waals surface area contributed by atoms with Crippen LogP contribution >= 0.6 is 23.2 Å². The molecule has 3 amide bonds. The standard InChI is InChI=1S/C11H15Cl2FN2O5/c1-2-20-9-11(12,13)8(18)15-10(19)16(9)7-3-5(14)6(4-17)21-7/h5-7,9,17H,2-4H2,1H3,(H,15,18,19)/t5?,6-,7-,9-/m0/s1. The summed E-state index contributed by atoms with van der Waals surface area (Å²) in [7, 11) is 0. The maximum absolute atomic E-state index is 13.7. The summed E-state index contributed by atoms with van der Waals surface area (Å²) in [6.45, 7) is 1.22. The molecule has 0 bridgehead atoms. The molecular weight excluding hydrogens is 330 g/mol. The van der Waals surface area contributed by atoms with Crippen LogP contribution in [0.5, 0.6) is 0 Å². The van der Waals surface area contributed by atoms with E-state index < -0.39 is 47.6 Å². The van der Waals surface area contributed by atoms with Gasteiger partial charge in [0.1, 0.15) is 18.5 Å². The SMILES string of the molecule is CCO[C@@H]1N([C@@H]2CC(F)[C@H](CO)O2)C(=O)NC(=O)C1(Cl)Cl. The summed E-state index contributed by atoms with van der Waals surface area (Å²) >= 11 is 11.9. The maximum Gasteiger partial charge on any atom is 0.328 e. The monoisotopic (exact) mass is 344 g/mol. The summed E-state index contributed by atoms with van der Waals surface area (Å²) in [5.41, 5.74) is 0. The third-order valence-electron chi connectivity index (χ3n) is 3.30. The third kappa shape index (κ3) is 2.95. The van der Waals surface area contributed by atoms with Gasteiger partial charge in [-0.25, -0.2) is 9.18 Å². The van der Waals surface area contributed by atoms with Crippen LogP contribution in [0.25, 0.3) is 0 Å². The highest BCUT2D eigenvalue weighted by atomic mass is 35.5. The third-order valence-corrected chi connectivity index (χ3v) is 4.01. The first-order chi connectivity index (χ1) is 9.82. The Bertz CT molecular complexity index is 439. The fourth-order valence-corrected chi connectivity index (χ4v) is 2.72. The molecule has 2 N–H and O–H groups in total. The van der Waals surface area contributed by atoms with Gasteiger partial charge in [0.15, 0.2) is 6.23 Å². The zero-order valence-corrected chi connectivity index (χ0v) is 12.6. The fourth-order valence-electron chi connectivity index (χ4n) is 2.29. The predicted molar refractivity (Wildman–Crippen MR) is 70.5 cm³/mol. The number of urea groups is 1. The molecule has 7 nitrogen and oxygen atoms in total. The van der Waals surface area contributed by atoms with Crippen LogP contribution in [-0.2, 0) is 14.3 Å². The second kappa shape index (κ2) is 6.21. The molecule has 2 aliphatic heterocycles. The van der Waals surface area contributed by atoms with Gasteiger partial charge >= 0.3 is 6.03 Å². The Morgan fingerprint density at radius 3 is 2.76 bits per heavy atom. The number of nitrogens with zero attached hydrogens (tertiary/aromatic N) is 1. The van der Waals surface area contributed by atoms with Crippen LogP contribution in [0, 0.1) is 0 Å². The van der Waals surface area contributed by atoms with Gasteiger partial charge in [-0.05, 0) is 6.92 Å². The normalized spacial score (nSPS) is 36.0. The molecule has 10 heteroatoms. The number of rotatable bonds is 4.